The first-order valence-corrected chi connectivity index (χ1v) is 5.84. The van der Waals surface area contributed by atoms with Gasteiger partial charge in [-0.15, -0.1) is 0 Å². The maximum atomic E-state index is 5.82. The first-order valence-electron chi connectivity index (χ1n) is 5.84. The molecule has 0 spiro atoms. The molecule has 0 aliphatic carbocycles. The number of nitrogen functional groups attached to an aromatic ring is 1. The van der Waals surface area contributed by atoms with Crippen LogP contribution in [-0.2, 0) is 4.74 Å². The van der Waals surface area contributed by atoms with Crippen LogP contribution in [0.25, 0.3) is 0 Å². The predicted octanol–water partition coefficient (Wildman–Crippen LogP) is 2.79. The zero-order valence-corrected chi connectivity index (χ0v) is 10.7. The monoisotopic (exact) mass is 222 g/mol. The van der Waals surface area contributed by atoms with Gasteiger partial charge in [0.2, 0.25) is 0 Å². The zero-order valence-electron chi connectivity index (χ0n) is 10.7. The van der Waals surface area contributed by atoms with E-state index in [-0.39, 0.29) is 6.23 Å². The van der Waals surface area contributed by atoms with Gasteiger partial charge >= 0.3 is 0 Å². The Morgan fingerprint density at radius 3 is 2.56 bits per heavy atom. The van der Waals surface area contributed by atoms with Crippen molar-refractivity contribution in [2.45, 2.75) is 33.9 Å². The Kier molecular flexibility index (Phi) is 4.62. The quantitative estimate of drug-likeness (QED) is 0.615. The van der Waals surface area contributed by atoms with Gasteiger partial charge in [0, 0.05) is 24.5 Å². The van der Waals surface area contributed by atoms with E-state index in [1.54, 1.807) is 0 Å². The smallest absolute Gasteiger partial charge is 0.127 e. The minimum atomic E-state index is 0.0954. The summed E-state index contributed by atoms with van der Waals surface area (Å²) in [4.78, 5) is 2.22. The number of ether oxygens (including phenoxy) is 1. The van der Waals surface area contributed by atoms with Crippen molar-refractivity contribution in [2.75, 3.05) is 23.8 Å². The third-order valence-electron chi connectivity index (χ3n) is 2.77. The molecule has 0 heterocycles. The van der Waals surface area contributed by atoms with Crippen molar-refractivity contribution in [2.24, 2.45) is 0 Å². The van der Waals surface area contributed by atoms with Crippen LogP contribution in [0.2, 0.25) is 0 Å². The summed E-state index contributed by atoms with van der Waals surface area (Å²) in [6, 6.07) is 6.10. The van der Waals surface area contributed by atoms with Gasteiger partial charge in [0.05, 0.1) is 0 Å². The van der Waals surface area contributed by atoms with Gasteiger partial charge in [-0.3, -0.25) is 0 Å². The molecule has 1 rings (SSSR count). The first kappa shape index (κ1) is 12.8. The van der Waals surface area contributed by atoms with Crippen molar-refractivity contribution in [1.29, 1.82) is 0 Å². The van der Waals surface area contributed by atoms with Crippen LogP contribution in [0.3, 0.4) is 0 Å². The number of anilines is 2. The number of aryl methyl sites for hydroxylation is 1. The summed E-state index contributed by atoms with van der Waals surface area (Å²) >= 11 is 0. The van der Waals surface area contributed by atoms with E-state index < -0.39 is 0 Å². The molecule has 2 N–H and O–H groups in total. The fraction of sp³-hybridized carbons (Fsp3) is 0.538. The second-order valence-electron chi connectivity index (χ2n) is 3.88. The lowest BCUT2D eigenvalue weighted by Crippen LogP contribution is -2.35. The van der Waals surface area contributed by atoms with Gasteiger partial charge in [-0.1, -0.05) is 0 Å². The van der Waals surface area contributed by atoms with Crippen LogP contribution >= 0.6 is 0 Å². The van der Waals surface area contributed by atoms with E-state index >= 15 is 0 Å². The van der Waals surface area contributed by atoms with E-state index in [1.165, 1.54) is 0 Å². The average molecular weight is 222 g/mol. The van der Waals surface area contributed by atoms with Crippen molar-refractivity contribution in [1.82, 2.24) is 0 Å². The molecule has 0 fully saturated rings. The van der Waals surface area contributed by atoms with Gasteiger partial charge in [0.25, 0.3) is 0 Å². The highest BCUT2D eigenvalue weighted by molar-refractivity contribution is 5.58. The molecular formula is C13H22N2O. The molecule has 1 aromatic rings. The highest BCUT2D eigenvalue weighted by Gasteiger charge is 2.12. The van der Waals surface area contributed by atoms with Crippen LogP contribution in [0.15, 0.2) is 18.2 Å². The lowest BCUT2D eigenvalue weighted by Gasteiger charge is -2.30. The molecule has 0 aliphatic rings. The first-order chi connectivity index (χ1) is 7.60. The Labute approximate surface area is 98.2 Å². The Balaban J connectivity index is 2.90. The van der Waals surface area contributed by atoms with Gasteiger partial charge in [-0.25, -0.2) is 0 Å². The van der Waals surface area contributed by atoms with Gasteiger partial charge in [0.15, 0.2) is 0 Å². The highest BCUT2D eigenvalue weighted by atomic mass is 16.5. The Morgan fingerprint density at radius 2 is 2.06 bits per heavy atom. The molecule has 0 bridgehead atoms. The fourth-order valence-corrected chi connectivity index (χ4v) is 1.82. The lowest BCUT2D eigenvalue weighted by molar-refractivity contribution is 0.0742. The van der Waals surface area contributed by atoms with Gasteiger partial charge in [0.1, 0.15) is 6.23 Å². The molecule has 0 aromatic heterocycles. The second-order valence-corrected chi connectivity index (χ2v) is 3.88. The third-order valence-corrected chi connectivity index (χ3v) is 2.77. The maximum absolute atomic E-state index is 5.82. The van der Waals surface area contributed by atoms with Crippen LogP contribution in [0, 0.1) is 6.92 Å². The molecule has 0 saturated heterocycles. The van der Waals surface area contributed by atoms with E-state index in [0.29, 0.717) is 0 Å². The number of nitrogens with two attached hydrogens (primary N) is 1. The Bertz CT molecular complexity index is 339. The van der Waals surface area contributed by atoms with Crippen LogP contribution in [-0.4, -0.2) is 19.4 Å². The predicted molar refractivity (Wildman–Crippen MR) is 69.7 cm³/mol. The number of rotatable bonds is 5. The third kappa shape index (κ3) is 2.89. The minimum absolute atomic E-state index is 0.0954. The summed E-state index contributed by atoms with van der Waals surface area (Å²) in [7, 11) is 0. The standard InChI is InChI=1S/C13H22N2O/c1-5-15(11(4)16-6-2)12-7-8-13(14)10(3)9-12/h7-9,11H,5-6,14H2,1-4H3. The number of hydrogen-bond donors (Lipinski definition) is 1. The van der Waals surface area contributed by atoms with Gasteiger partial charge in [-0.05, 0) is 51.5 Å². The normalized spacial score (nSPS) is 12.5. The maximum Gasteiger partial charge on any atom is 0.127 e. The summed E-state index contributed by atoms with van der Waals surface area (Å²) in [5.41, 5.74) is 8.93. The molecule has 1 atom stereocenters. The van der Waals surface area contributed by atoms with Crippen molar-refractivity contribution >= 4 is 11.4 Å². The molecule has 0 amide bonds. The largest absolute Gasteiger partial charge is 0.399 e. The lowest BCUT2D eigenvalue weighted by atomic mass is 10.1. The van der Waals surface area contributed by atoms with E-state index in [2.05, 4.69) is 24.8 Å². The molecule has 0 aliphatic heterocycles. The SMILES string of the molecule is CCOC(C)N(CC)c1ccc(N)c(C)c1. The Hall–Kier alpha value is -1.22. The summed E-state index contributed by atoms with van der Waals surface area (Å²) in [5, 5.41) is 0. The van der Waals surface area contributed by atoms with E-state index in [1.807, 2.05) is 26.0 Å². The summed E-state index contributed by atoms with van der Waals surface area (Å²) in [6.45, 7) is 9.88. The van der Waals surface area contributed by atoms with Gasteiger partial charge in [-0.2, -0.15) is 0 Å². The molecule has 1 aromatic carbocycles. The number of hydrogen-bond acceptors (Lipinski definition) is 3. The van der Waals surface area contributed by atoms with Gasteiger partial charge < -0.3 is 15.4 Å². The van der Waals surface area contributed by atoms with Crippen LogP contribution in [0.4, 0.5) is 11.4 Å². The summed E-state index contributed by atoms with van der Waals surface area (Å²) < 4.78 is 5.61. The molecule has 0 saturated carbocycles. The molecule has 1 unspecified atom stereocenters. The molecule has 16 heavy (non-hydrogen) atoms. The van der Waals surface area contributed by atoms with Crippen LogP contribution < -0.4 is 10.6 Å². The van der Waals surface area contributed by atoms with Crippen LogP contribution in [0.1, 0.15) is 26.3 Å². The van der Waals surface area contributed by atoms with E-state index in [0.717, 1.165) is 30.1 Å². The molecule has 3 nitrogen and oxygen atoms in total. The van der Waals surface area contributed by atoms with Crippen LogP contribution in [0.5, 0.6) is 0 Å². The number of nitrogens with zero attached hydrogens (tertiary/aromatic N) is 1. The van der Waals surface area contributed by atoms with Crippen molar-refractivity contribution in [3.63, 3.8) is 0 Å². The van der Waals surface area contributed by atoms with Crippen molar-refractivity contribution in [3.05, 3.63) is 23.8 Å². The molecule has 3 heteroatoms. The number of benzene rings is 1. The highest BCUT2D eigenvalue weighted by Crippen LogP contribution is 2.22. The molecule has 90 valence electrons. The molecule has 0 radical (unpaired) electrons. The topological polar surface area (TPSA) is 38.5 Å². The Morgan fingerprint density at radius 1 is 1.38 bits per heavy atom. The minimum Gasteiger partial charge on any atom is -0.399 e. The van der Waals surface area contributed by atoms with E-state index in [9.17, 15) is 0 Å². The fourth-order valence-electron chi connectivity index (χ4n) is 1.82. The van der Waals surface area contributed by atoms with Crippen molar-refractivity contribution in [3.8, 4) is 0 Å². The van der Waals surface area contributed by atoms with E-state index in [4.69, 9.17) is 10.5 Å². The average Bonchev–Trinajstić information content (AvgIpc) is 2.25. The second kappa shape index (κ2) is 5.75. The van der Waals surface area contributed by atoms with Crippen molar-refractivity contribution < 1.29 is 4.74 Å². The summed E-state index contributed by atoms with van der Waals surface area (Å²) in [5.74, 6) is 0. The molecular weight excluding hydrogens is 200 g/mol. The zero-order chi connectivity index (χ0) is 12.1. The summed E-state index contributed by atoms with van der Waals surface area (Å²) in [6.07, 6.45) is 0.0954.